The normalized spacial score (nSPS) is 23.0. The van der Waals surface area contributed by atoms with Gasteiger partial charge in [0, 0.05) is 12.1 Å². The highest BCUT2D eigenvalue weighted by atomic mass is 16.6. The molecule has 4 heteroatoms. The highest BCUT2D eigenvalue weighted by Crippen LogP contribution is 2.39. The monoisotopic (exact) mass is 324 g/mol. The summed E-state index contributed by atoms with van der Waals surface area (Å²) in [5.74, 6) is 1.49. The van der Waals surface area contributed by atoms with Crippen LogP contribution in [0.3, 0.4) is 0 Å². The van der Waals surface area contributed by atoms with Crippen LogP contribution in [0.4, 0.5) is 4.79 Å². The highest BCUT2D eigenvalue weighted by Gasteiger charge is 2.41. The number of hydrogen-bond donors (Lipinski definition) is 2. The first kappa shape index (κ1) is 18.6. The quantitative estimate of drug-likeness (QED) is 0.719. The van der Waals surface area contributed by atoms with E-state index in [4.69, 9.17) is 4.74 Å². The van der Waals surface area contributed by atoms with Crippen molar-refractivity contribution >= 4 is 6.09 Å². The molecule has 2 rings (SSSR count). The minimum absolute atomic E-state index is 0.00318. The van der Waals surface area contributed by atoms with Crippen LogP contribution >= 0.6 is 0 Å². The van der Waals surface area contributed by atoms with Crippen LogP contribution < -0.4 is 10.6 Å². The van der Waals surface area contributed by atoms with Gasteiger partial charge in [-0.15, -0.1) is 0 Å². The summed E-state index contributed by atoms with van der Waals surface area (Å²) in [7, 11) is 0. The van der Waals surface area contributed by atoms with Gasteiger partial charge in [0.2, 0.25) is 0 Å². The summed E-state index contributed by atoms with van der Waals surface area (Å²) < 4.78 is 5.37. The van der Waals surface area contributed by atoms with E-state index in [0.29, 0.717) is 12.5 Å². The fourth-order valence-corrected chi connectivity index (χ4v) is 3.59. The van der Waals surface area contributed by atoms with E-state index < -0.39 is 5.60 Å². The van der Waals surface area contributed by atoms with Crippen molar-refractivity contribution in [3.8, 4) is 0 Å². The number of rotatable bonds is 6. The topological polar surface area (TPSA) is 50.4 Å². The Labute approximate surface area is 142 Å². The van der Waals surface area contributed by atoms with E-state index in [-0.39, 0.29) is 11.6 Å². The first-order valence-corrected chi connectivity index (χ1v) is 9.50. The Hall–Kier alpha value is -0.770. The smallest absolute Gasteiger partial charge is 0.407 e. The lowest BCUT2D eigenvalue weighted by atomic mass is 9.93. The van der Waals surface area contributed by atoms with E-state index in [1.807, 2.05) is 20.8 Å². The van der Waals surface area contributed by atoms with Crippen molar-refractivity contribution in [1.82, 2.24) is 10.6 Å². The van der Waals surface area contributed by atoms with Gasteiger partial charge < -0.3 is 15.4 Å². The predicted molar refractivity (Wildman–Crippen MR) is 94.6 cm³/mol. The van der Waals surface area contributed by atoms with Crippen LogP contribution in [0.5, 0.6) is 0 Å². The molecule has 2 aliphatic rings. The highest BCUT2D eigenvalue weighted by molar-refractivity contribution is 5.67. The van der Waals surface area contributed by atoms with Crippen LogP contribution in [0.1, 0.15) is 79.1 Å². The fraction of sp³-hybridized carbons (Fsp3) is 0.947. The second-order valence-corrected chi connectivity index (χ2v) is 8.79. The van der Waals surface area contributed by atoms with Crippen LogP contribution in [0.15, 0.2) is 0 Å². The lowest BCUT2D eigenvalue weighted by molar-refractivity contribution is 0.0507. The first-order chi connectivity index (χ1) is 10.8. The van der Waals surface area contributed by atoms with E-state index in [0.717, 1.165) is 12.5 Å². The Morgan fingerprint density at radius 2 is 1.61 bits per heavy atom. The molecule has 0 aromatic heterocycles. The summed E-state index contributed by atoms with van der Waals surface area (Å²) in [5.41, 5.74) is -0.433. The van der Waals surface area contributed by atoms with Gasteiger partial charge in [0.05, 0.1) is 0 Å². The van der Waals surface area contributed by atoms with Gasteiger partial charge in [-0.25, -0.2) is 4.79 Å². The zero-order valence-corrected chi connectivity index (χ0v) is 15.5. The minimum atomic E-state index is -0.437. The summed E-state index contributed by atoms with van der Waals surface area (Å²) in [6.07, 6.45) is 10.5. The van der Waals surface area contributed by atoms with E-state index in [1.54, 1.807) is 0 Å². The second-order valence-electron chi connectivity index (χ2n) is 8.79. The lowest BCUT2D eigenvalue weighted by Crippen LogP contribution is -2.54. The van der Waals surface area contributed by atoms with Crippen LogP contribution in [0.25, 0.3) is 0 Å². The molecule has 134 valence electrons. The van der Waals surface area contributed by atoms with Crippen molar-refractivity contribution in [2.24, 2.45) is 11.8 Å². The zero-order valence-electron chi connectivity index (χ0n) is 15.5. The molecule has 0 bridgehead atoms. The van der Waals surface area contributed by atoms with Crippen molar-refractivity contribution in [2.75, 3.05) is 13.1 Å². The predicted octanol–water partition coefficient (Wildman–Crippen LogP) is 4.24. The van der Waals surface area contributed by atoms with Crippen LogP contribution in [0.2, 0.25) is 0 Å². The van der Waals surface area contributed by atoms with E-state index in [1.165, 1.54) is 51.4 Å². The molecule has 0 aliphatic heterocycles. The van der Waals surface area contributed by atoms with Crippen LogP contribution in [-0.2, 0) is 4.74 Å². The zero-order chi connectivity index (χ0) is 16.9. The van der Waals surface area contributed by atoms with Gasteiger partial charge in [0.1, 0.15) is 5.60 Å². The van der Waals surface area contributed by atoms with Gasteiger partial charge in [-0.3, -0.25) is 0 Å². The van der Waals surface area contributed by atoms with Crippen molar-refractivity contribution in [3.63, 3.8) is 0 Å². The third kappa shape index (κ3) is 6.70. The van der Waals surface area contributed by atoms with Gasteiger partial charge in [-0.05, 0) is 71.8 Å². The summed E-state index contributed by atoms with van der Waals surface area (Å²) in [6, 6.07) is 0. The Bertz CT molecular complexity index is 379. The summed E-state index contributed by atoms with van der Waals surface area (Å²) in [5, 5.41) is 6.78. The molecule has 0 heterocycles. The second kappa shape index (κ2) is 7.87. The maximum absolute atomic E-state index is 11.9. The molecule has 0 spiro atoms. The molecule has 23 heavy (non-hydrogen) atoms. The molecule has 0 aromatic rings. The molecule has 4 nitrogen and oxygen atoms in total. The van der Waals surface area contributed by atoms with E-state index >= 15 is 0 Å². The molecular weight excluding hydrogens is 288 g/mol. The molecule has 1 atom stereocenters. The average Bonchev–Trinajstić information content (AvgIpc) is 3.27. The number of alkyl carbamates (subject to hydrolysis) is 1. The Morgan fingerprint density at radius 3 is 2.13 bits per heavy atom. The Balaban J connectivity index is 1.80. The molecule has 2 fully saturated rings. The molecule has 0 radical (unpaired) electrons. The van der Waals surface area contributed by atoms with Gasteiger partial charge in [0.15, 0.2) is 0 Å². The van der Waals surface area contributed by atoms with Gasteiger partial charge >= 0.3 is 6.09 Å². The van der Waals surface area contributed by atoms with Gasteiger partial charge in [-0.1, -0.05) is 25.7 Å². The fourth-order valence-electron chi connectivity index (χ4n) is 3.59. The molecule has 2 saturated carbocycles. The van der Waals surface area contributed by atoms with Crippen LogP contribution in [-0.4, -0.2) is 30.3 Å². The SMILES string of the molecule is CC(C)(C)OC(=O)NCC(C)(NCC1CCCCCC1)C1CC1. The maximum atomic E-state index is 11.9. The van der Waals surface area contributed by atoms with Gasteiger partial charge in [0.25, 0.3) is 0 Å². The Kier molecular flexibility index (Phi) is 6.35. The van der Waals surface area contributed by atoms with Crippen molar-refractivity contribution in [2.45, 2.75) is 90.2 Å². The summed E-state index contributed by atoms with van der Waals surface area (Å²) in [6.45, 7) is 9.70. The third-order valence-electron chi connectivity index (χ3n) is 5.25. The lowest BCUT2D eigenvalue weighted by Gasteiger charge is -2.33. The number of carbonyl (C=O) groups excluding carboxylic acids is 1. The molecule has 2 aliphatic carbocycles. The van der Waals surface area contributed by atoms with Crippen molar-refractivity contribution in [3.05, 3.63) is 0 Å². The molecule has 1 unspecified atom stereocenters. The van der Waals surface area contributed by atoms with E-state index in [2.05, 4.69) is 17.6 Å². The number of nitrogens with one attached hydrogen (secondary N) is 2. The van der Waals surface area contributed by atoms with E-state index in [9.17, 15) is 4.79 Å². The molecule has 1 amide bonds. The summed E-state index contributed by atoms with van der Waals surface area (Å²) in [4.78, 5) is 11.9. The minimum Gasteiger partial charge on any atom is -0.444 e. The largest absolute Gasteiger partial charge is 0.444 e. The molecule has 2 N–H and O–H groups in total. The van der Waals surface area contributed by atoms with Crippen LogP contribution in [0, 0.1) is 11.8 Å². The maximum Gasteiger partial charge on any atom is 0.407 e. The summed E-state index contributed by atoms with van der Waals surface area (Å²) >= 11 is 0. The number of hydrogen-bond acceptors (Lipinski definition) is 3. The number of amides is 1. The molecule has 0 aromatic carbocycles. The van der Waals surface area contributed by atoms with Crippen molar-refractivity contribution in [1.29, 1.82) is 0 Å². The first-order valence-electron chi connectivity index (χ1n) is 9.50. The Morgan fingerprint density at radius 1 is 1.00 bits per heavy atom. The van der Waals surface area contributed by atoms with Crippen molar-refractivity contribution < 1.29 is 9.53 Å². The van der Waals surface area contributed by atoms with Gasteiger partial charge in [-0.2, -0.15) is 0 Å². The number of ether oxygens (including phenoxy) is 1. The third-order valence-corrected chi connectivity index (χ3v) is 5.25. The molecular formula is C19H36N2O2. The average molecular weight is 325 g/mol. The standard InChI is InChI=1S/C19H36N2O2/c1-18(2,3)23-17(22)20-14-19(4,16-11-12-16)21-13-15-9-7-5-6-8-10-15/h15-16,21H,5-14H2,1-4H3,(H,20,22). The number of carbonyl (C=O) groups is 1. The molecule has 0 saturated heterocycles.